The molecule has 1 fully saturated rings. The second kappa shape index (κ2) is 5.39. The van der Waals surface area contributed by atoms with Crippen LogP contribution in [0, 0.1) is 0 Å². The van der Waals surface area contributed by atoms with Gasteiger partial charge >= 0.3 is 0 Å². The molecule has 0 radical (unpaired) electrons. The van der Waals surface area contributed by atoms with Crippen LogP contribution < -0.4 is 10.2 Å². The van der Waals surface area contributed by atoms with E-state index in [-0.39, 0.29) is 0 Å². The number of hydrogen-bond acceptors (Lipinski definition) is 6. The first-order valence-corrected chi connectivity index (χ1v) is 8.56. The van der Waals surface area contributed by atoms with Crippen molar-refractivity contribution < 1.29 is 4.79 Å². The molecule has 0 bridgehead atoms. The highest BCUT2D eigenvalue weighted by Crippen LogP contribution is 2.40. The monoisotopic (exact) mass is 317 g/mol. The molecule has 116 valence electrons. The average Bonchev–Trinajstić information content (AvgIpc) is 3.14. The fraction of sp³-hybridized carbons (Fsp3) is 0.533. The third-order valence-corrected chi connectivity index (χ3v) is 5.72. The number of carbonyl (C=O) groups excluding carboxylic acids is 1. The number of rotatable bonds is 3. The Morgan fingerprint density at radius 3 is 2.73 bits per heavy atom. The van der Waals surface area contributed by atoms with E-state index in [1.165, 1.54) is 28.7 Å². The number of thiophene rings is 1. The maximum Gasteiger partial charge on any atom is 0.228 e. The summed E-state index contributed by atoms with van der Waals surface area (Å²) >= 11 is 1.81. The van der Waals surface area contributed by atoms with Crippen molar-refractivity contribution in [3.63, 3.8) is 0 Å². The molecule has 6 nitrogen and oxygen atoms in total. The molecule has 1 amide bonds. The Bertz CT molecular complexity index is 720. The standard InChI is InChI=1S/C15H19N5OS/c1-16-13-12-10-3-2-4-11(10)22-14(12)18-15(17-13)20-7-5-19(9-21)6-8-20/h9H,2-8H2,1H3,(H,16,17,18). The molecule has 7 heteroatoms. The summed E-state index contributed by atoms with van der Waals surface area (Å²) in [6.45, 7) is 3.05. The third kappa shape index (κ3) is 2.11. The van der Waals surface area contributed by atoms with Crippen LogP contribution in [0.25, 0.3) is 10.2 Å². The highest BCUT2D eigenvalue weighted by Gasteiger charge is 2.24. The number of aryl methyl sites for hydroxylation is 2. The molecule has 1 aliphatic heterocycles. The van der Waals surface area contributed by atoms with Crippen molar-refractivity contribution in [1.82, 2.24) is 14.9 Å². The molecular formula is C15H19N5OS. The summed E-state index contributed by atoms with van der Waals surface area (Å²) in [6.07, 6.45) is 4.48. The van der Waals surface area contributed by atoms with E-state index in [2.05, 4.69) is 10.2 Å². The topological polar surface area (TPSA) is 61.4 Å². The quantitative estimate of drug-likeness (QED) is 0.869. The molecule has 2 aliphatic rings. The Kier molecular flexibility index (Phi) is 3.37. The van der Waals surface area contributed by atoms with Crippen molar-refractivity contribution in [2.24, 2.45) is 0 Å². The molecule has 0 unspecified atom stereocenters. The van der Waals surface area contributed by atoms with Gasteiger partial charge in [0.25, 0.3) is 0 Å². The van der Waals surface area contributed by atoms with Crippen molar-refractivity contribution in [3.05, 3.63) is 10.4 Å². The number of carbonyl (C=O) groups is 1. The number of nitrogens with zero attached hydrogens (tertiary/aromatic N) is 4. The first-order valence-electron chi connectivity index (χ1n) is 7.74. The Morgan fingerprint density at radius 1 is 1.18 bits per heavy atom. The summed E-state index contributed by atoms with van der Waals surface area (Å²) in [5.74, 6) is 1.72. The Morgan fingerprint density at radius 2 is 2.00 bits per heavy atom. The lowest BCUT2D eigenvalue weighted by Crippen LogP contribution is -2.46. The molecule has 3 heterocycles. The Labute approximate surface area is 133 Å². The van der Waals surface area contributed by atoms with Crippen molar-refractivity contribution in [1.29, 1.82) is 0 Å². The number of fused-ring (bicyclic) bond motifs is 3. The Hall–Kier alpha value is -1.89. The van der Waals surface area contributed by atoms with E-state index in [9.17, 15) is 4.79 Å². The molecular weight excluding hydrogens is 298 g/mol. The predicted octanol–water partition coefficient (Wildman–Crippen LogP) is 1.50. The van der Waals surface area contributed by atoms with Gasteiger partial charge in [0.1, 0.15) is 10.6 Å². The molecule has 2 aromatic rings. The van der Waals surface area contributed by atoms with E-state index in [1.807, 2.05) is 18.4 Å². The van der Waals surface area contributed by atoms with Crippen molar-refractivity contribution in [2.75, 3.05) is 43.4 Å². The summed E-state index contributed by atoms with van der Waals surface area (Å²) in [4.78, 5) is 26.9. The Balaban J connectivity index is 1.72. The minimum Gasteiger partial charge on any atom is -0.372 e. The van der Waals surface area contributed by atoms with Crippen molar-refractivity contribution in [3.8, 4) is 0 Å². The van der Waals surface area contributed by atoms with E-state index < -0.39 is 0 Å². The molecule has 1 N–H and O–H groups in total. The van der Waals surface area contributed by atoms with Gasteiger partial charge in [-0.2, -0.15) is 4.98 Å². The van der Waals surface area contributed by atoms with Crippen LogP contribution in [0.2, 0.25) is 0 Å². The SMILES string of the molecule is CNc1nc(N2CCN(C=O)CC2)nc2sc3c(c12)CCC3. The lowest BCUT2D eigenvalue weighted by Gasteiger charge is -2.32. The molecule has 2 aromatic heterocycles. The lowest BCUT2D eigenvalue weighted by molar-refractivity contribution is -0.118. The summed E-state index contributed by atoms with van der Waals surface area (Å²) in [6, 6.07) is 0. The van der Waals surface area contributed by atoms with E-state index in [4.69, 9.17) is 9.97 Å². The molecule has 0 atom stereocenters. The fourth-order valence-electron chi connectivity index (χ4n) is 3.33. The first-order chi connectivity index (χ1) is 10.8. The molecule has 4 rings (SSSR count). The van der Waals surface area contributed by atoms with Gasteiger partial charge in [0.05, 0.1) is 5.39 Å². The molecule has 0 spiro atoms. The highest BCUT2D eigenvalue weighted by atomic mass is 32.1. The summed E-state index contributed by atoms with van der Waals surface area (Å²) in [7, 11) is 1.93. The predicted molar refractivity (Wildman–Crippen MR) is 88.8 cm³/mol. The fourth-order valence-corrected chi connectivity index (χ4v) is 4.59. The van der Waals surface area contributed by atoms with Crippen molar-refractivity contribution in [2.45, 2.75) is 19.3 Å². The summed E-state index contributed by atoms with van der Waals surface area (Å²) in [5, 5.41) is 4.47. The number of nitrogens with one attached hydrogen (secondary N) is 1. The van der Waals surface area contributed by atoms with Crippen LogP contribution in [-0.2, 0) is 17.6 Å². The van der Waals surface area contributed by atoms with Gasteiger partial charge in [-0.05, 0) is 24.8 Å². The molecule has 0 saturated carbocycles. The van der Waals surface area contributed by atoms with Gasteiger partial charge in [0.2, 0.25) is 12.4 Å². The van der Waals surface area contributed by atoms with E-state index in [0.717, 1.165) is 55.6 Å². The number of piperazine rings is 1. The van der Waals surface area contributed by atoms with Crippen molar-refractivity contribution >= 4 is 39.7 Å². The van der Waals surface area contributed by atoms with Crippen LogP contribution in [0.15, 0.2) is 0 Å². The minimum atomic E-state index is 0.737. The van der Waals surface area contributed by atoms with Gasteiger partial charge in [-0.25, -0.2) is 4.98 Å². The molecule has 22 heavy (non-hydrogen) atoms. The summed E-state index contributed by atoms with van der Waals surface area (Å²) < 4.78 is 0. The second-order valence-electron chi connectivity index (χ2n) is 5.79. The van der Waals surface area contributed by atoms with Crippen LogP contribution in [0.5, 0.6) is 0 Å². The minimum absolute atomic E-state index is 0.737. The van der Waals surface area contributed by atoms with E-state index in [0.29, 0.717) is 0 Å². The average molecular weight is 317 g/mol. The number of amides is 1. The maximum absolute atomic E-state index is 10.8. The van der Waals surface area contributed by atoms with Gasteiger partial charge < -0.3 is 15.1 Å². The van der Waals surface area contributed by atoms with E-state index in [1.54, 1.807) is 4.90 Å². The van der Waals surface area contributed by atoms with Crippen LogP contribution >= 0.6 is 11.3 Å². The zero-order valence-corrected chi connectivity index (χ0v) is 13.4. The zero-order valence-electron chi connectivity index (χ0n) is 12.6. The highest BCUT2D eigenvalue weighted by molar-refractivity contribution is 7.19. The molecule has 1 aliphatic carbocycles. The van der Waals surface area contributed by atoms with E-state index >= 15 is 0 Å². The number of hydrogen-bond donors (Lipinski definition) is 1. The number of aromatic nitrogens is 2. The largest absolute Gasteiger partial charge is 0.372 e. The van der Waals surface area contributed by atoms with Crippen LogP contribution in [0.3, 0.4) is 0 Å². The van der Waals surface area contributed by atoms with Crippen LogP contribution in [-0.4, -0.2) is 54.5 Å². The molecule has 0 aromatic carbocycles. The first kappa shape index (κ1) is 13.8. The van der Waals surface area contributed by atoms with Gasteiger partial charge in [-0.3, -0.25) is 4.79 Å². The van der Waals surface area contributed by atoms with Gasteiger partial charge in [0, 0.05) is 38.1 Å². The van der Waals surface area contributed by atoms with Gasteiger partial charge in [0.15, 0.2) is 0 Å². The third-order valence-electron chi connectivity index (χ3n) is 4.54. The number of anilines is 2. The smallest absolute Gasteiger partial charge is 0.228 e. The lowest BCUT2D eigenvalue weighted by atomic mass is 10.2. The van der Waals surface area contributed by atoms with Gasteiger partial charge in [-0.1, -0.05) is 0 Å². The van der Waals surface area contributed by atoms with Crippen LogP contribution in [0.4, 0.5) is 11.8 Å². The zero-order chi connectivity index (χ0) is 15.1. The normalized spacial score (nSPS) is 17.9. The maximum atomic E-state index is 10.8. The van der Waals surface area contributed by atoms with Crippen LogP contribution in [0.1, 0.15) is 16.9 Å². The molecule has 1 saturated heterocycles. The summed E-state index contributed by atoms with van der Waals surface area (Å²) in [5.41, 5.74) is 1.45. The second-order valence-corrected chi connectivity index (χ2v) is 6.87. The van der Waals surface area contributed by atoms with Gasteiger partial charge in [-0.15, -0.1) is 11.3 Å².